The average molecular weight is 548 g/mol. The molecule has 2 atom stereocenters. The van der Waals surface area contributed by atoms with E-state index in [1.807, 2.05) is 12.1 Å². The molecule has 0 spiro atoms. The summed E-state index contributed by atoms with van der Waals surface area (Å²) in [5.41, 5.74) is 1.41. The molecule has 0 aliphatic carbocycles. The molecule has 2 heterocycles. The standard InChI is InChI=1S/C27H33F3N5O2P/c1-15-20(8-7-9-22(15)27(28,29)30)16(2)31-26-21-12-24(35-11-10-19(14-35)34-18(4)36)25(38(5,6)37)13-23(21)32-17(3)33-26/h7-9,12-13,16,19H,10-11,14H2,1-6H3,(H,34,36)(H,31,32,33)/t16-,19?/m1/s1. The number of nitrogens with zero attached hydrogens (tertiary/aromatic N) is 3. The van der Waals surface area contributed by atoms with E-state index < -0.39 is 24.9 Å². The Morgan fingerprint density at radius 2 is 1.89 bits per heavy atom. The molecule has 1 aliphatic heterocycles. The third-order valence-electron chi connectivity index (χ3n) is 6.92. The first kappa shape index (κ1) is 27.9. The van der Waals surface area contributed by atoms with Crippen LogP contribution < -0.4 is 20.8 Å². The van der Waals surface area contributed by atoms with E-state index in [9.17, 15) is 22.5 Å². The molecule has 204 valence electrons. The van der Waals surface area contributed by atoms with Crippen LogP contribution >= 0.6 is 7.14 Å². The summed E-state index contributed by atoms with van der Waals surface area (Å²) in [4.78, 5) is 22.9. The van der Waals surface area contributed by atoms with Gasteiger partial charge in [0, 0.05) is 42.4 Å². The van der Waals surface area contributed by atoms with E-state index >= 15 is 0 Å². The molecule has 1 unspecified atom stereocenters. The fraction of sp³-hybridized carbons (Fsp3) is 0.444. The van der Waals surface area contributed by atoms with Gasteiger partial charge in [0.2, 0.25) is 5.91 Å². The number of hydrogen-bond acceptors (Lipinski definition) is 6. The quantitative estimate of drug-likeness (QED) is 0.402. The van der Waals surface area contributed by atoms with Crippen molar-refractivity contribution < 1.29 is 22.5 Å². The number of hydrogen-bond donors (Lipinski definition) is 2. The number of anilines is 2. The van der Waals surface area contributed by atoms with E-state index in [0.29, 0.717) is 46.5 Å². The Morgan fingerprint density at radius 3 is 2.53 bits per heavy atom. The summed E-state index contributed by atoms with van der Waals surface area (Å²) in [5, 5.41) is 7.64. The van der Waals surface area contributed by atoms with Crippen LogP contribution in [0.5, 0.6) is 0 Å². The summed E-state index contributed by atoms with van der Waals surface area (Å²) >= 11 is 0. The summed E-state index contributed by atoms with van der Waals surface area (Å²) in [6, 6.07) is 7.43. The van der Waals surface area contributed by atoms with Gasteiger partial charge in [0.1, 0.15) is 18.8 Å². The van der Waals surface area contributed by atoms with Crippen molar-refractivity contribution in [3.8, 4) is 0 Å². The molecule has 11 heteroatoms. The number of halogens is 3. The predicted molar refractivity (Wildman–Crippen MR) is 146 cm³/mol. The minimum atomic E-state index is -4.44. The number of carbonyl (C=O) groups excluding carboxylic acids is 1. The first-order valence-corrected chi connectivity index (χ1v) is 15.1. The fourth-order valence-electron chi connectivity index (χ4n) is 5.16. The Bertz CT molecular complexity index is 1440. The average Bonchev–Trinajstić information content (AvgIpc) is 3.24. The smallest absolute Gasteiger partial charge is 0.369 e. The molecule has 3 aromatic rings. The summed E-state index contributed by atoms with van der Waals surface area (Å²) in [6.45, 7) is 11.2. The first-order chi connectivity index (χ1) is 17.6. The molecule has 0 saturated carbocycles. The minimum absolute atomic E-state index is 0.0140. The highest BCUT2D eigenvalue weighted by Crippen LogP contribution is 2.42. The first-order valence-electron chi connectivity index (χ1n) is 12.5. The third-order valence-corrected chi connectivity index (χ3v) is 8.44. The van der Waals surface area contributed by atoms with Crippen molar-refractivity contribution in [2.75, 3.05) is 36.6 Å². The number of fused-ring (bicyclic) bond motifs is 1. The molecule has 2 aromatic carbocycles. The Kier molecular flexibility index (Phi) is 7.49. The van der Waals surface area contributed by atoms with Crippen molar-refractivity contribution in [1.82, 2.24) is 15.3 Å². The second-order valence-corrected chi connectivity index (χ2v) is 13.5. The Hall–Kier alpha value is -3.13. The van der Waals surface area contributed by atoms with Gasteiger partial charge in [-0.15, -0.1) is 0 Å². The Labute approximate surface area is 220 Å². The second kappa shape index (κ2) is 10.2. The number of benzene rings is 2. The summed E-state index contributed by atoms with van der Waals surface area (Å²) in [5.74, 6) is 0.881. The second-order valence-electron chi connectivity index (χ2n) is 10.3. The van der Waals surface area contributed by atoms with Crippen LogP contribution in [0, 0.1) is 13.8 Å². The summed E-state index contributed by atoms with van der Waals surface area (Å²) in [7, 11) is -2.71. The van der Waals surface area contributed by atoms with Gasteiger partial charge in [0.05, 0.1) is 17.1 Å². The van der Waals surface area contributed by atoms with Gasteiger partial charge in [-0.25, -0.2) is 9.97 Å². The van der Waals surface area contributed by atoms with E-state index in [4.69, 9.17) is 0 Å². The lowest BCUT2D eigenvalue weighted by Gasteiger charge is -2.26. The van der Waals surface area contributed by atoms with Crippen LogP contribution in [0.3, 0.4) is 0 Å². The molecule has 1 amide bonds. The Balaban J connectivity index is 1.79. The number of carbonyl (C=O) groups is 1. The van der Waals surface area contributed by atoms with Crippen LogP contribution in [0.4, 0.5) is 24.7 Å². The molecule has 38 heavy (non-hydrogen) atoms. The van der Waals surface area contributed by atoms with Crippen molar-refractivity contribution in [3.63, 3.8) is 0 Å². The highest BCUT2D eigenvalue weighted by Gasteiger charge is 2.33. The van der Waals surface area contributed by atoms with Crippen LogP contribution in [0.15, 0.2) is 30.3 Å². The maximum Gasteiger partial charge on any atom is 0.416 e. The lowest BCUT2D eigenvalue weighted by Crippen LogP contribution is -2.36. The molecule has 1 fully saturated rings. The van der Waals surface area contributed by atoms with Crippen molar-refractivity contribution in [2.45, 2.75) is 52.4 Å². The Morgan fingerprint density at radius 1 is 1.18 bits per heavy atom. The molecule has 0 bridgehead atoms. The van der Waals surface area contributed by atoms with Crippen LogP contribution in [-0.4, -0.2) is 48.3 Å². The molecule has 1 aliphatic rings. The van der Waals surface area contributed by atoms with Gasteiger partial charge >= 0.3 is 6.18 Å². The van der Waals surface area contributed by atoms with Gasteiger partial charge < -0.3 is 20.1 Å². The van der Waals surface area contributed by atoms with Gasteiger partial charge in [-0.3, -0.25) is 4.79 Å². The zero-order valence-electron chi connectivity index (χ0n) is 22.4. The number of alkyl halides is 3. The van der Waals surface area contributed by atoms with Crippen molar-refractivity contribution in [3.05, 3.63) is 52.8 Å². The lowest BCUT2D eigenvalue weighted by atomic mass is 9.97. The molecular formula is C27H33F3N5O2P. The highest BCUT2D eigenvalue weighted by molar-refractivity contribution is 7.70. The third kappa shape index (κ3) is 5.80. The largest absolute Gasteiger partial charge is 0.416 e. The number of aryl methyl sites for hydroxylation is 1. The van der Waals surface area contributed by atoms with Gasteiger partial charge in [-0.1, -0.05) is 12.1 Å². The van der Waals surface area contributed by atoms with Crippen molar-refractivity contribution in [1.29, 1.82) is 0 Å². The molecule has 7 nitrogen and oxygen atoms in total. The summed E-state index contributed by atoms with van der Waals surface area (Å²) < 4.78 is 53.9. The van der Waals surface area contributed by atoms with E-state index in [-0.39, 0.29) is 17.5 Å². The van der Waals surface area contributed by atoms with Crippen LogP contribution in [-0.2, 0) is 15.5 Å². The van der Waals surface area contributed by atoms with E-state index in [0.717, 1.165) is 18.2 Å². The maximum atomic E-state index is 13.5. The zero-order chi connectivity index (χ0) is 28.0. The predicted octanol–water partition coefficient (Wildman–Crippen LogP) is 5.40. The monoisotopic (exact) mass is 547 g/mol. The van der Waals surface area contributed by atoms with Gasteiger partial charge in [0.25, 0.3) is 0 Å². The van der Waals surface area contributed by atoms with E-state index in [1.54, 1.807) is 33.2 Å². The van der Waals surface area contributed by atoms with E-state index in [2.05, 4.69) is 25.5 Å². The SMILES string of the molecule is CC(=O)NC1CCN(c2cc3c(N[C@H](C)c4cccc(C(F)(F)F)c4C)nc(C)nc3cc2P(C)(C)=O)C1. The number of nitrogens with one attached hydrogen (secondary N) is 2. The highest BCUT2D eigenvalue weighted by atomic mass is 31.2. The van der Waals surface area contributed by atoms with Gasteiger partial charge in [-0.05, 0) is 69.8 Å². The van der Waals surface area contributed by atoms with Crippen LogP contribution in [0.1, 0.15) is 48.8 Å². The molecule has 2 N–H and O–H groups in total. The topological polar surface area (TPSA) is 87.2 Å². The molecule has 4 rings (SSSR count). The van der Waals surface area contributed by atoms with Gasteiger partial charge in [0.15, 0.2) is 0 Å². The maximum absolute atomic E-state index is 13.5. The minimum Gasteiger partial charge on any atom is -0.369 e. The summed E-state index contributed by atoms with van der Waals surface area (Å²) in [6.07, 6.45) is -3.68. The number of amides is 1. The van der Waals surface area contributed by atoms with E-state index in [1.165, 1.54) is 19.9 Å². The number of aromatic nitrogens is 2. The number of rotatable bonds is 6. The molecule has 1 saturated heterocycles. The molecular weight excluding hydrogens is 514 g/mol. The van der Waals surface area contributed by atoms with Crippen LogP contribution in [0.2, 0.25) is 0 Å². The normalized spacial score (nSPS) is 17.1. The van der Waals surface area contributed by atoms with Gasteiger partial charge in [-0.2, -0.15) is 13.2 Å². The molecule has 1 aromatic heterocycles. The lowest BCUT2D eigenvalue weighted by molar-refractivity contribution is -0.138. The fourth-order valence-corrected chi connectivity index (χ4v) is 6.35. The van der Waals surface area contributed by atoms with Crippen molar-refractivity contribution >= 4 is 40.8 Å². The zero-order valence-corrected chi connectivity index (χ0v) is 23.3. The van der Waals surface area contributed by atoms with Crippen molar-refractivity contribution in [2.24, 2.45) is 0 Å². The van der Waals surface area contributed by atoms with Crippen LogP contribution in [0.25, 0.3) is 10.9 Å². The molecule has 0 radical (unpaired) electrons.